The molecule has 5 N–H and O–H groups in total. The molecule has 0 aliphatic heterocycles. The second-order valence-corrected chi connectivity index (χ2v) is 24.7. The first-order valence-electron chi connectivity index (χ1n) is 27.5. The number of fused-ring (bicyclic) bond motifs is 2. The predicted molar refractivity (Wildman–Crippen MR) is 369 cm³/mol. The molecule has 0 radical (unpaired) electrons. The van der Waals surface area contributed by atoms with Crippen molar-refractivity contribution in [2.45, 2.75) is 53.7 Å². The van der Waals surface area contributed by atoms with Gasteiger partial charge in [-0.1, -0.05) is 43.8 Å². The zero-order chi connectivity index (χ0) is 69.0. The molecule has 0 atom stereocenters. The molecule has 0 unspecified atom stereocenters. The SMILES string of the molecule is C.CC(=O)Nc1cccc(N)c1.COc1ccc(Cn2c(=O)c3c(Nc4cccc(NC(C)=O)c4)c(C)c(=O)n(C)c3n(-c3ccc(I)cc3F)c2=O)cc1.COc1ccc(Cn2c(=O)c3c(OS(=O)(=O)C(F)(F)F)c(C)c(=O)n(C)c3n(-c3ccc(I)cc3F)c2=O)cc1. The summed E-state index contributed by atoms with van der Waals surface area (Å²) in [7, 11) is -0.888. The van der Waals surface area contributed by atoms with Gasteiger partial charge in [0.05, 0.1) is 49.9 Å². The average molecular weight is 1560 g/mol. The summed E-state index contributed by atoms with van der Waals surface area (Å²) in [6.07, 6.45) is 0. The van der Waals surface area contributed by atoms with Crippen molar-refractivity contribution in [2.24, 2.45) is 14.1 Å². The van der Waals surface area contributed by atoms with Crippen molar-refractivity contribution in [3.63, 3.8) is 0 Å². The summed E-state index contributed by atoms with van der Waals surface area (Å²) < 4.78 is 115. The number of carbonyl (C=O) groups excluding carboxylic acids is 2. The minimum Gasteiger partial charge on any atom is -0.497 e. The third-order valence-electron chi connectivity index (χ3n) is 14.1. The highest BCUT2D eigenvalue weighted by atomic mass is 127. The zero-order valence-electron chi connectivity index (χ0n) is 50.7. The number of carbonyl (C=O) groups is 2. The van der Waals surface area contributed by atoms with Crippen LogP contribution in [0, 0.1) is 32.6 Å². The first kappa shape index (κ1) is 72.5. The molecule has 0 fully saturated rings. The van der Waals surface area contributed by atoms with Crippen LogP contribution < -0.4 is 69.0 Å². The number of nitrogen functional groups attached to an aromatic ring is 1. The van der Waals surface area contributed by atoms with Crippen LogP contribution in [0.1, 0.15) is 43.5 Å². The molecule has 0 aliphatic carbocycles. The number of nitrogens with zero attached hydrogens (tertiary/aromatic N) is 6. The molecule has 0 bridgehead atoms. The van der Waals surface area contributed by atoms with Crippen LogP contribution in [0.3, 0.4) is 0 Å². The minimum atomic E-state index is -6.36. The lowest BCUT2D eigenvalue weighted by molar-refractivity contribution is -0.115. The number of hydrogen-bond acceptors (Lipinski definition) is 15. The van der Waals surface area contributed by atoms with Crippen molar-refractivity contribution in [3.05, 3.63) is 237 Å². The van der Waals surface area contributed by atoms with Crippen LogP contribution in [-0.4, -0.2) is 67.4 Å². The molecule has 4 aromatic heterocycles. The number of amides is 2. The van der Waals surface area contributed by atoms with Gasteiger partial charge in [0.2, 0.25) is 11.8 Å². The van der Waals surface area contributed by atoms with Crippen molar-refractivity contribution < 1.29 is 53.6 Å². The van der Waals surface area contributed by atoms with Gasteiger partial charge in [-0.15, -0.1) is 0 Å². The number of anilines is 5. The molecule has 0 aliphatic rings. The number of nitrogens with two attached hydrogens (primary N) is 1. The minimum absolute atomic E-state index is 0. The Kier molecular flexibility index (Phi) is 22.6. The zero-order valence-corrected chi connectivity index (χ0v) is 55.9. The Morgan fingerprint density at radius 3 is 1.40 bits per heavy atom. The van der Waals surface area contributed by atoms with Gasteiger partial charge in [-0.3, -0.25) is 47.0 Å². The number of alkyl halides is 3. The highest BCUT2D eigenvalue weighted by Gasteiger charge is 2.49. The first-order chi connectivity index (χ1) is 44.3. The third kappa shape index (κ3) is 15.7. The lowest BCUT2D eigenvalue weighted by atomic mass is 10.1. The van der Waals surface area contributed by atoms with Crippen LogP contribution >= 0.6 is 45.2 Å². The van der Waals surface area contributed by atoms with E-state index >= 15 is 8.78 Å². The van der Waals surface area contributed by atoms with Crippen molar-refractivity contribution in [3.8, 4) is 28.6 Å². The van der Waals surface area contributed by atoms with E-state index < -0.39 is 95.5 Å². The number of pyridine rings is 2. The van der Waals surface area contributed by atoms with E-state index in [2.05, 4.69) is 20.1 Å². The van der Waals surface area contributed by atoms with Gasteiger partial charge in [-0.05, 0) is 167 Å². The maximum atomic E-state index is 15.5. The Balaban J connectivity index is 0.000000229. The van der Waals surface area contributed by atoms with Gasteiger partial charge in [0.15, 0.2) is 5.75 Å². The van der Waals surface area contributed by atoms with Crippen molar-refractivity contribution >= 4 is 118 Å². The Bertz CT molecular complexity index is 5170. The smallest absolute Gasteiger partial charge is 0.497 e. The molecule has 31 heteroatoms. The first-order valence-corrected chi connectivity index (χ1v) is 31.1. The molecule has 10 rings (SSSR count). The number of rotatable bonds is 14. The number of ether oxygens (including phenoxy) is 2. The quantitative estimate of drug-likeness (QED) is 0.0259. The van der Waals surface area contributed by atoms with Gasteiger partial charge >= 0.3 is 27.0 Å². The van der Waals surface area contributed by atoms with E-state index in [1.54, 1.807) is 108 Å². The molecule has 0 saturated carbocycles. The Morgan fingerprint density at radius 1 is 0.568 bits per heavy atom. The summed E-state index contributed by atoms with van der Waals surface area (Å²) in [6.45, 7) is 4.78. The molecular weight excluding hydrogens is 1500 g/mol. The fraction of sp³-hybridized carbons (Fsp3) is 0.188. The van der Waals surface area contributed by atoms with Gasteiger partial charge in [0.1, 0.15) is 45.2 Å². The van der Waals surface area contributed by atoms with Gasteiger partial charge < -0.3 is 35.3 Å². The monoisotopic (exact) mass is 1560 g/mol. The summed E-state index contributed by atoms with van der Waals surface area (Å²) in [5.74, 6) is -2.20. The van der Waals surface area contributed by atoms with E-state index in [9.17, 15) is 59.9 Å². The van der Waals surface area contributed by atoms with Crippen molar-refractivity contribution in [1.29, 1.82) is 0 Å². The van der Waals surface area contributed by atoms with Gasteiger partial charge in [0, 0.05) is 63.4 Å². The molecule has 0 spiro atoms. The highest BCUT2D eigenvalue weighted by molar-refractivity contribution is 14.1. The molecule has 2 amide bonds. The number of hydrogen-bond donors (Lipinski definition) is 4. The van der Waals surface area contributed by atoms with Crippen LogP contribution in [-0.2, 0) is 46.9 Å². The van der Waals surface area contributed by atoms with Gasteiger partial charge in [0.25, 0.3) is 22.2 Å². The highest BCUT2D eigenvalue weighted by Crippen LogP contribution is 2.33. The van der Waals surface area contributed by atoms with Crippen LogP contribution in [0.5, 0.6) is 17.2 Å². The van der Waals surface area contributed by atoms with E-state index in [0.29, 0.717) is 56.0 Å². The number of nitrogens with one attached hydrogen (secondary N) is 3. The topological polar surface area (TPSA) is 290 Å². The lowest BCUT2D eigenvalue weighted by Crippen LogP contribution is -2.43. The van der Waals surface area contributed by atoms with Crippen LogP contribution in [0.2, 0.25) is 0 Å². The number of aromatic nitrogens is 6. The third-order valence-corrected chi connectivity index (χ3v) is 16.4. The molecule has 23 nitrogen and oxygen atoms in total. The molecule has 498 valence electrons. The molecular formula is C64H59F5I2N10O13S. The fourth-order valence-corrected chi connectivity index (χ4v) is 11.2. The van der Waals surface area contributed by atoms with E-state index in [0.717, 1.165) is 45.5 Å². The van der Waals surface area contributed by atoms with Crippen molar-refractivity contribution in [2.75, 3.05) is 35.9 Å². The Labute approximate surface area is 564 Å². The summed E-state index contributed by atoms with van der Waals surface area (Å²) in [4.78, 5) is 105. The summed E-state index contributed by atoms with van der Waals surface area (Å²) >= 11 is 3.76. The number of benzene rings is 6. The normalized spacial score (nSPS) is 11.1. The molecule has 95 heavy (non-hydrogen) atoms. The van der Waals surface area contributed by atoms with Crippen LogP contribution in [0.25, 0.3) is 33.4 Å². The Morgan fingerprint density at radius 2 is 0.979 bits per heavy atom. The predicted octanol–water partition coefficient (Wildman–Crippen LogP) is 9.71. The summed E-state index contributed by atoms with van der Waals surface area (Å²) in [5, 5.41) is 7.64. The summed E-state index contributed by atoms with van der Waals surface area (Å²) in [6, 6.07) is 34.7. The van der Waals surface area contributed by atoms with E-state index in [-0.39, 0.29) is 53.8 Å². The largest absolute Gasteiger partial charge is 0.534 e. The fourth-order valence-electron chi connectivity index (χ4n) is 9.73. The van der Waals surface area contributed by atoms with Crippen molar-refractivity contribution in [1.82, 2.24) is 27.4 Å². The lowest BCUT2D eigenvalue weighted by Gasteiger charge is -2.21. The van der Waals surface area contributed by atoms with Crippen LogP contribution in [0.4, 0.5) is 50.4 Å². The van der Waals surface area contributed by atoms with Gasteiger partial charge in [-0.2, -0.15) is 21.6 Å². The molecule has 4 heterocycles. The number of methoxy groups -OCH3 is 2. The van der Waals surface area contributed by atoms with Crippen LogP contribution in [0.15, 0.2) is 162 Å². The Hall–Kier alpha value is -9.90. The summed E-state index contributed by atoms with van der Waals surface area (Å²) in [5.41, 5.74) is -4.18. The van der Waals surface area contributed by atoms with E-state index in [1.807, 2.05) is 22.6 Å². The van der Waals surface area contributed by atoms with E-state index in [4.69, 9.17) is 15.2 Å². The van der Waals surface area contributed by atoms with Gasteiger partial charge in [-0.25, -0.2) is 27.5 Å². The maximum absolute atomic E-state index is 15.5. The molecule has 10 aromatic rings. The number of halogens is 7. The maximum Gasteiger partial charge on any atom is 0.534 e. The molecule has 6 aromatic carbocycles. The number of aryl methyl sites for hydroxylation is 2. The second kappa shape index (κ2) is 29.6. The second-order valence-electron chi connectivity index (χ2n) is 20.7. The van der Waals surface area contributed by atoms with E-state index in [1.165, 1.54) is 82.1 Å². The average Bonchev–Trinajstić information content (AvgIpc) is 0.729. The molecule has 0 saturated heterocycles. The standard InChI is InChI=1S/C31H27FIN5O5.C24H18F4IN3O7S.C8H10N2O.CH4/c1-17-27(35-22-7-5-6-21(15-22)34-18(2)39)26-28(36(3)29(17)40)38(25-13-10-20(33)14-24(25)32)31(42)37(30(26)41)16-19-8-11-23(43-4)12-9-19;1-12-19(39-40(36,37)24(26,27)28)18-20(30(2)21(12)33)32(17-9-6-14(29)10-16(17)25)23(35)31(22(18)34)11-13-4-7-15(38-3)8-5-13;1-6(11)10-8-4-2-3-7(9)5-8;/h5-15,35H,16H2,1-4H3,(H,34,39);4-10H,11H2,1-3H3;2-5H,9H2,1H3,(H,10,11);1H4.